The van der Waals surface area contributed by atoms with E-state index in [4.69, 9.17) is 4.42 Å². The summed E-state index contributed by atoms with van der Waals surface area (Å²) in [4.78, 5) is 4.60. The standard InChI is InChI=1S/C19H20N4O3S/c1-14-21-22-19(26-14)18-13-16(9-10-20-18)15-5-7-17(8-6-15)27(24,25)23-11-3-2-4-12-23/h5-10,13H,2-4,11-12H2,1H3. The van der Waals surface area contributed by atoms with Crippen LogP contribution in [0.4, 0.5) is 0 Å². The number of sulfonamides is 1. The number of nitrogens with zero attached hydrogens (tertiary/aromatic N) is 4. The molecule has 1 fully saturated rings. The van der Waals surface area contributed by atoms with E-state index >= 15 is 0 Å². The fraction of sp³-hybridized carbons (Fsp3) is 0.316. The van der Waals surface area contributed by atoms with E-state index in [2.05, 4.69) is 15.2 Å². The van der Waals surface area contributed by atoms with Gasteiger partial charge in [-0.3, -0.25) is 4.98 Å². The largest absolute Gasteiger partial charge is 0.420 e. The summed E-state index contributed by atoms with van der Waals surface area (Å²) >= 11 is 0. The third-order valence-corrected chi connectivity index (χ3v) is 6.56. The Labute approximate surface area is 158 Å². The van der Waals surface area contributed by atoms with Crippen molar-refractivity contribution in [1.29, 1.82) is 0 Å². The molecule has 3 heterocycles. The van der Waals surface area contributed by atoms with Gasteiger partial charge in [-0.15, -0.1) is 10.2 Å². The van der Waals surface area contributed by atoms with Crippen molar-refractivity contribution >= 4 is 10.0 Å². The Bertz CT molecular complexity index is 1040. The van der Waals surface area contributed by atoms with Crippen molar-refractivity contribution in [3.8, 4) is 22.7 Å². The van der Waals surface area contributed by atoms with Crippen LogP contribution in [-0.2, 0) is 10.0 Å². The molecule has 0 bridgehead atoms. The van der Waals surface area contributed by atoms with Gasteiger partial charge < -0.3 is 4.42 Å². The molecule has 8 heteroatoms. The van der Waals surface area contributed by atoms with Crippen molar-refractivity contribution in [2.75, 3.05) is 13.1 Å². The Hall–Kier alpha value is -2.58. The molecular formula is C19H20N4O3S. The Morgan fingerprint density at radius 3 is 2.37 bits per heavy atom. The number of pyridine rings is 1. The molecular weight excluding hydrogens is 364 g/mol. The highest BCUT2D eigenvalue weighted by molar-refractivity contribution is 7.89. The van der Waals surface area contributed by atoms with Crippen LogP contribution in [0.5, 0.6) is 0 Å². The van der Waals surface area contributed by atoms with E-state index in [1.165, 1.54) is 0 Å². The second-order valence-electron chi connectivity index (χ2n) is 6.55. The molecule has 0 radical (unpaired) electrons. The van der Waals surface area contributed by atoms with Gasteiger partial charge in [-0.2, -0.15) is 4.31 Å². The van der Waals surface area contributed by atoms with Crippen molar-refractivity contribution < 1.29 is 12.8 Å². The molecule has 7 nitrogen and oxygen atoms in total. The van der Waals surface area contributed by atoms with Gasteiger partial charge in [0, 0.05) is 26.2 Å². The van der Waals surface area contributed by atoms with E-state index in [1.54, 1.807) is 29.6 Å². The molecule has 0 N–H and O–H groups in total. The molecule has 27 heavy (non-hydrogen) atoms. The number of aryl methyl sites for hydroxylation is 1. The van der Waals surface area contributed by atoms with Gasteiger partial charge in [-0.05, 0) is 48.2 Å². The molecule has 0 atom stereocenters. The van der Waals surface area contributed by atoms with Gasteiger partial charge in [-0.1, -0.05) is 18.6 Å². The molecule has 1 aromatic carbocycles. The SMILES string of the molecule is Cc1nnc(-c2cc(-c3ccc(S(=O)(=O)N4CCCCC4)cc3)ccn2)o1. The molecule has 4 rings (SSSR count). The number of hydrogen-bond donors (Lipinski definition) is 0. The van der Waals surface area contributed by atoms with Gasteiger partial charge in [0.15, 0.2) is 0 Å². The molecule has 0 saturated carbocycles. The number of piperidine rings is 1. The first kappa shape index (κ1) is 17.8. The Morgan fingerprint density at radius 2 is 1.70 bits per heavy atom. The van der Waals surface area contributed by atoms with Gasteiger partial charge >= 0.3 is 0 Å². The van der Waals surface area contributed by atoms with Crippen LogP contribution in [0.2, 0.25) is 0 Å². The number of hydrogen-bond acceptors (Lipinski definition) is 6. The van der Waals surface area contributed by atoms with E-state index < -0.39 is 10.0 Å². The van der Waals surface area contributed by atoms with Crippen LogP contribution in [0.3, 0.4) is 0 Å². The number of aromatic nitrogens is 3. The molecule has 2 aromatic heterocycles. The van der Waals surface area contributed by atoms with E-state index in [-0.39, 0.29) is 0 Å². The lowest BCUT2D eigenvalue weighted by atomic mass is 10.1. The summed E-state index contributed by atoms with van der Waals surface area (Å²) in [6, 6.07) is 10.7. The van der Waals surface area contributed by atoms with Gasteiger partial charge in [0.25, 0.3) is 5.89 Å². The third-order valence-electron chi connectivity index (χ3n) is 4.65. The normalized spacial score (nSPS) is 15.7. The minimum Gasteiger partial charge on any atom is -0.420 e. The summed E-state index contributed by atoms with van der Waals surface area (Å²) in [5, 5.41) is 7.81. The first-order valence-corrected chi connectivity index (χ1v) is 10.4. The summed E-state index contributed by atoms with van der Waals surface area (Å²) in [5.74, 6) is 0.836. The second kappa shape index (κ2) is 7.21. The van der Waals surface area contributed by atoms with E-state index in [0.29, 0.717) is 35.5 Å². The summed E-state index contributed by atoms with van der Waals surface area (Å²) in [7, 11) is -3.42. The first-order chi connectivity index (χ1) is 13.0. The number of rotatable bonds is 4. The van der Waals surface area contributed by atoms with Crippen molar-refractivity contribution in [3.05, 3.63) is 48.5 Å². The summed E-state index contributed by atoms with van der Waals surface area (Å²) in [6.07, 6.45) is 4.61. The van der Waals surface area contributed by atoms with Crippen LogP contribution in [0, 0.1) is 6.92 Å². The summed E-state index contributed by atoms with van der Waals surface area (Å²) in [5.41, 5.74) is 2.38. The maximum Gasteiger partial charge on any atom is 0.266 e. The average molecular weight is 384 g/mol. The predicted molar refractivity (Wildman–Crippen MR) is 100 cm³/mol. The van der Waals surface area contributed by atoms with E-state index in [1.807, 2.05) is 24.3 Å². The topological polar surface area (TPSA) is 89.2 Å². The summed E-state index contributed by atoms with van der Waals surface area (Å²) < 4.78 is 32.5. The lowest BCUT2D eigenvalue weighted by Crippen LogP contribution is -2.35. The molecule has 1 saturated heterocycles. The molecule has 0 aliphatic carbocycles. The van der Waals surface area contributed by atoms with Crippen LogP contribution in [0.25, 0.3) is 22.7 Å². The van der Waals surface area contributed by atoms with Crippen LogP contribution < -0.4 is 0 Å². The van der Waals surface area contributed by atoms with Crippen molar-refractivity contribution in [3.63, 3.8) is 0 Å². The molecule has 0 unspecified atom stereocenters. The minimum atomic E-state index is -3.42. The highest BCUT2D eigenvalue weighted by Gasteiger charge is 2.25. The second-order valence-corrected chi connectivity index (χ2v) is 8.48. The van der Waals surface area contributed by atoms with Gasteiger partial charge in [0.05, 0.1) is 4.90 Å². The van der Waals surface area contributed by atoms with Crippen LogP contribution in [0.15, 0.2) is 51.9 Å². The minimum absolute atomic E-state index is 0.329. The predicted octanol–water partition coefficient (Wildman–Crippen LogP) is 3.28. The Balaban J connectivity index is 1.61. The zero-order valence-corrected chi connectivity index (χ0v) is 15.8. The van der Waals surface area contributed by atoms with E-state index in [0.717, 1.165) is 30.4 Å². The van der Waals surface area contributed by atoms with Gasteiger partial charge in [0.1, 0.15) is 5.69 Å². The lowest BCUT2D eigenvalue weighted by molar-refractivity contribution is 0.346. The van der Waals surface area contributed by atoms with Crippen LogP contribution >= 0.6 is 0 Å². The zero-order valence-electron chi connectivity index (χ0n) is 15.0. The van der Waals surface area contributed by atoms with Crippen LogP contribution in [0.1, 0.15) is 25.2 Å². The maximum absolute atomic E-state index is 12.8. The highest BCUT2D eigenvalue weighted by Crippen LogP contribution is 2.26. The molecule has 0 amide bonds. The third kappa shape index (κ3) is 3.63. The lowest BCUT2D eigenvalue weighted by Gasteiger charge is -2.25. The zero-order chi connectivity index (χ0) is 18.9. The quantitative estimate of drug-likeness (QED) is 0.686. The van der Waals surface area contributed by atoms with E-state index in [9.17, 15) is 8.42 Å². The maximum atomic E-state index is 12.8. The van der Waals surface area contributed by atoms with Crippen molar-refractivity contribution in [2.45, 2.75) is 31.1 Å². The summed E-state index contributed by atoms with van der Waals surface area (Å²) in [6.45, 7) is 2.92. The molecule has 140 valence electrons. The molecule has 1 aliphatic heterocycles. The Kier molecular flexibility index (Phi) is 4.75. The highest BCUT2D eigenvalue weighted by atomic mass is 32.2. The average Bonchev–Trinajstić information content (AvgIpc) is 3.15. The first-order valence-electron chi connectivity index (χ1n) is 8.91. The monoisotopic (exact) mass is 384 g/mol. The Morgan fingerprint density at radius 1 is 0.963 bits per heavy atom. The van der Waals surface area contributed by atoms with Crippen molar-refractivity contribution in [2.24, 2.45) is 0 Å². The fourth-order valence-electron chi connectivity index (χ4n) is 3.20. The van der Waals surface area contributed by atoms with Crippen LogP contribution in [-0.4, -0.2) is 41.0 Å². The van der Waals surface area contributed by atoms with Crippen molar-refractivity contribution in [1.82, 2.24) is 19.5 Å². The fourth-order valence-corrected chi connectivity index (χ4v) is 4.72. The number of benzene rings is 1. The van der Waals surface area contributed by atoms with Gasteiger partial charge in [0.2, 0.25) is 15.9 Å². The molecule has 0 spiro atoms. The molecule has 1 aliphatic rings. The van der Waals surface area contributed by atoms with Gasteiger partial charge in [-0.25, -0.2) is 8.42 Å². The smallest absolute Gasteiger partial charge is 0.266 e. The molecule has 3 aromatic rings.